The second-order valence-electron chi connectivity index (χ2n) is 4.84. The van der Waals surface area contributed by atoms with Crippen molar-refractivity contribution < 1.29 is 14.3 Å². The van der Waals surface area contributed by atoms with Crippen LogP contribution in [0.3, 0.4) is 0 Å². The lowest BCUT2D eigenvalue weighted by Crippen LogP contribution is -2.34. The summed E-state index contributed by atoms with van der Waals surface area (Å²) in [5.74, 6) is 1.07. The van der Waals surface area contributed by atoms with Gasteiger partial charge >= 0.3 is 6.03 Å². The fraction of sp³-hybridized carbons (Fsp3) is 0.353. The molecule has 7 heteroatoms. The van der Waals surface area contributed by atoms with Gasteiger partial charge in [0.15, 0.2) is 0 Å². The van der Waals surface area contributed by atoms with E-state index < -0.39 is 0 Å². The number of carbonyl (C=O) groups is 1. The van der Waals surface area contributed by atoms with Crippen molar-refractivity contribution in [1.29, 1.82) is 0 Å². The number of pyridine rings is 2. The molecule has 0 fully saturated rings. The number of ether oxygens (including phenoxy) is 2. The molecule has 0 bridgehead atoms. The van der Waals surface area contributed by atoms with Crippen LogP contribution < -0.4 is 20.1 Å². The first-order chi connectivity index (χ1) is 11.7. The van der Waals surface area contributed by atoms with Gasteiger partial charge in [-0.2, -0.15) is 0 Å². The molecule has 0 saturated carbocycles. The number of nitrogens with zero attached hydrogens (tertiary/aromatic N) is 2. The summed E-state index contributed by atoms with van der Waals surface area (Å²) in [4.78, 5) is 20.3. The molecular formula is C17H22N4O3. The number of rotatable bonds is 8. The van der Waals surface area contributed by atoms with Crippen LogP contribution in [0.1, 0.15) is 25.0 Å². The summed E-state index contributed by atoms with van der Waals surface area (Å²) in [7, 11) is 0. The highest BCUT2D eigenvalue weighted by atomic mass is 16.5. The zero-order valence-electron chi connectivity index (χ0n) is 13.9. The maximum absolute atomic E-state index is 12.0. The van der Waals surface area contributed by atoms with Crippen molar-refractivity contribution in [2.75, 3.05) is 13.2 Å². The Hall–Kier alpha value is -2.83. The molecule has 0 saturated heterocycles. The van der Waals surface area contributed by atoms with E-state index in [9.17, 15) is 4.79 Å². The van der Waals surface area contributed by atoms with Crippen LogP contribution in [0.15, 0.2) is 36.7 Å². The van der Waals surface area contributed by atoms with E-state index in [1.165, 1.54) is 0 Å². The smallest absolute Gasteiger partial charge is 0.315 e. The van der Waals surface area contributed by atoms with Crippen LogP contribution in [0.25, 0.3) is 0 Å². The van der Waals surface area contributed by atoms with Gasteiger partial charge in [-0.1, -0.05) is 12.1 Å². The Labute approximate surface area is 141 Å². The van der Waals surface area contributed by atoms with Gasteiger partial charge in [-0.3, -0.25) is 0 Å². The maximum Gasteiger partial charge on any atom is 0.315 e. The number of hydrogen-bond donors (Lipinski definition) is 2. The number of amides is 2. The summed E-state index contributed by atoms with van der Waals surface area (Å²) in [6.45, 7) is 5.50. The van der Waals surface area contributed by atoms with Crippen LogP contribution >= 0.6 is 0 Å². The van der Waals surface area contributed by atoms with Crippen molar-refractivity contribution in [3.05, 3.63) is 47.8 Å². The third kappa shape index (κ3) is 5.12. The van der Waals surface area contributed by atoms with Crippen molar-refractivity contribution in [2.24, 2.45) is 0 Å². The zero-order chi connectivity index (χ0) is 17.2. The largest absolute Gasteiger partial charge is 0.478 e. The molecule has 0 aliphatic heterocycles. The predicted molar refractivity (Wildman–Crippen MR) is 89.9 cm³/mol. The molecule has 2 aromatic heterocycles. The van der Waals surface area contributed by atoms with E-state index in [1.807, 2.05) is 26.0 Å². The SMILES string of the molecule is CCOc1ncccc1CNC(=O)NCc1cccnc1OCC. The molecule has 2 rings (SSSR count). The molecule has 0 aliphatic carbocycles. The molecule has 2 amide bonds. The van der Waals surface area contributed by atoms with Crippen LogP contribution in [-0.4, -0.2) is 29.2 Å². The monoisotopic (exact) mass is 330 g/mol. The zero-order valence-corrected chi connectivity index (χ0v) is 13.9. The van der Waals surface area contributed by atoms with Gasteiger partial charge in [-0.05, 0) is 26.0 Å². The number of carbonyl (C=O) groups excluding carboxylic acids is 1. The van der Waals surface area contributed by atoms with E-state index in [0.29, 0.717) is 38.1 Å². The normalized spacial score (nSPS) is 10.1. The Morgan fingerprint density at radius 3 is 1.79 bits per heavy atom. The quantitative estimate of drug-likeness (QED) is 0.775. The molecule has 2 aromatic rings. The maximum atomic E-state index is 12.0. The minimum absolute atomic E-state index is 0.285. The molecule has 2 N–H and O–H groups in total. The van der Waals surface area contributed by atoms with E-state index in [2.05, 4.69) is 20.6 Å². The van der Waals surface area contributed by atoms with Crippen LogP contribution in [0, 0.1) is 0 Å². The lowest BCUT2D eigenvalue weighted by Gasteiger charge is -2.12. The molecule has 0 radical (unpaired) electrons. The molecule has 7 nitrogen and oxygen atoms in total. The van der Waals surface area contributed by atoms with Crippen molar-refractivity contribution in [3.63, 3.8) is 0 Å². The Balaban J connectivity index is 1.86. The molecule has 24 heavy (non-hydrogen) atoms. The van der Waals surface area contributed by atoms with E-state index in [-0.39, 0.29) is 6.03 Å². The van der Waals surface area contributed by atoms with Crippen LogP contribution in [0.4, 0.5) is 4.79 Å². The van der Waals surface area contributed by atoms with Gasteiger partial charge in [-0.15, -0.1) is 0 Å². The molecule has 0 unspecified atom stereocenters. The van der Waals surface area contributed by atoms with E-state index >= 15 is 0 Å². The average Bonchev–Trinajstić information content (AvgIpc) is 2.61. The number of hydrogen-bond acceptors (Lipinski definition) is 5. The van der Waals surface area contributed by atoms with Crippen LogP contribution in [-0.2, 0) is 13.1 Å². The Morgan fingerprint density at radius 1 is 0.917 bits per heavy atom. The van der Waals surface area contributed by atoms with Gasteiger partial charge in [0.05, 0.1) is 13.2 Å². The lowest BCUT2D eigenvalue weighted by atomic mass is 10.2. The van der Waals surface area contributed by atoms with Gasteiger partial charge in [-0.25, -0.2) is 14.8 Å². The predicted octanol–water partition coefficient (Wildman–Crippen LogP) is 2.27. The second kappa shape index (κ2) is 9.34. The first-order valence-electron chi connectivity index (χ1n) is 7.89. The third-order valence-corrected chi connectivity index (χ3v) is 3.14. The van der Waals surface area contributed by atoms with Crippen LogP contribution in [0.2, 0.25) is 0 Å². The first kappa shape index (κ1) is 17.5. The Morgan fingerprint density at radius 2 is 1.38 bits per heavy atom. The molecule has 128 valence electrons. The molecule has 0 atom stereocenters. The van der Waals surface area contributed by atoms with Gasteiger partial charge in [0, 0.05) is 36.6 Å². The van der Waals surface area contributed by atoms with E-state index in [0.717, 1.165) is 11.1 Å². The van der Waals surface area contributed by atoms with Gasteiger partial charge in [0.1, 0.15) is 0 Å². The van der Waals surface area contributed by atoms with Crippen molar-refractivity contribution in [3.8, 4) is 11.8 Å². The minimum atomic E-state index is -0.285. The highest BCUT2D eigenvalue weighted by molar-refractivity contribution is 5.73. The summed E-state index contributed by atoms with van der Waals surface area (Å²) in [6, 6.07) is 7.06. The van der Waals surface area contributed by atoms with Crippen molar-refractivity contribution >= 4 is 6.03 Å². The third-order valence-electron chi connectivity index (χ3n) is 3.14. The number of urea groups is 1. The van der Waals surface area contributed by atoms with Gasteiger partial charge < -0.3 is 20.1 Å². The average molecular weight is 330 g/mol. The molecule has 0 aromatic carbocycles. The van der Waals surface area contributed by atoms with Gasteiger partial charge in [0.2, 0.25) is 11.8 Å². The molecular weight excluding hydrogens is 308 g/mol. The number of nitrogens with one attached hydrogen (secondary N) is 2. The highest BCUT2D eigenvalue weighted by Crippen LogP contribution is 2.14. The topological polar surface area (TPSA) is 85.4 Å². The highest BCUT2D eigenvalue weighted by Gasteiger charge is 2.08. The Kier molecular flexibility index (Phi) is 6.82. The van der Waals surface area contributed by atoms with Crippen LogP contribution in [0.5, 0.6) is 11.8 Å². The summed E-state index contributed by atoms with van der Waals surface area (Å²) in [5.41, 5.74) is 1.65. The summed E-state index contributed by atoms with van der Waals surface area (Å²) < 4.78 is 10.9. The van der Waals surface area contributed by atoms with Crippen molar-refractivity contribution in [1.82, 2.24) is 20.6 Å². The van der Waals surface area contributed by atoms with Crippen molar-refractivity contribution in [2.45, 2.75) is 26.9 Å². The number of aromatic nitrogens is 2. The first-order valence-corrected chi connectivity index (χ1v) is 7.89. The Bertz CT molecular complexity index is 608. The van der Waals surface area contributed by atoms with Gasteiger partial charge in [0.25, 0.3) is 0 Å². The van der Waals surface area contributed by atoms with E-state index in [1.54, 1.807) is 24.5 Å². The fourth-order valence-electron chi connectivity index (χ4n) is 2.06. The summed E-state index contributed by atoms with van der Waals surface area (Å²) >= 11 is 0. The molecule has 2 heterocycles. The summed E-state index contributed by atoms with van der Waals surface area (Å²) in [6.07, 6.45) is 3.32. The van der Waals surface area contributed by atoms with E-state index in [4.69, 9.17) is 9.47 Å². The lowest BCUT2D eigenvalue weighted by molar-refractivity contribution is 0.239. The minimum Gasteiger partial charge on any atom is -0.478 e. The molecule has 0 aliphatic rings. The second-order valence-corrected chi connectivity index (χ2v) is 4.84. The summed E-state index contributed by atoms with van der Waals surface area (Å²) in [5, 5.41) is 5.58. The standard InChI is InChI=1S/C17H22N4O3/c1-3-23-15-13(7-5-9-18-15)11-20-17(22)21-12-14-8-6-10-19-16(14)24-4-2/h5-10H,3-4,11-12H2,1-2H3,(H2,20,21,22). The fourth-order valence-corrected chi connectivity index (χ4v) is 2.06. The molecule has 0 spiro atoms.